The Labute approximate surface area is 114 Å². The third-order valence-corrected chi connectivity index (χ3v) is 4.59. The molecule has 5 heteroatoms. The first-order chi connectivity index (χ1) is 8.66. The summed E-state index contributed by atoms with van der Waals surface area (Å²) in [6.45, 7) is 10.5. The lowest BCUT2D eigenvalue weighted by molar-refractivity contribution is -0.134. The van der Waals surface area contributed by atoms with Gasteiger partial charge in [-0.25, -0.2) is 0 Å². The molecule has 2 saturated heterocycles. The van der Waals surface area contributed by atoms with Gasteiger partial charge in [-0.05, 0) is 5.92 Å². The van der Waals surface area contributed by atoms with Crippen molar-refractivity contribution in [1.82, 2.24) is 15.1 Å². The minimum atomic E-state index is 0.0559. The maximum Gasteiger partial charge on any atom is 0.240 e. The Hall–Kier alpha value is -0.260. The lowest BCUT2D eigenvalue weighted by Crippen LogP contribution is -2.56. The molecule has 2 aliphatic rings. The number of nitrogens with one attached hydrogen (secondary N) is 1. The molecule has 0 bridgehead atoms. The number of piperazine rings is 1. The van der Waals surface area contributed by atoms with Crippen LogP contribution in [0.4, 0.5) is 0 Å². The van der Waals surface area contributed by atoms with Crippen molar-refractivity contribution in [1.29, 1.82) is 0 Å². The van der Waals surface area contributed by atoms with Gasteiger partial charge in [0, 0.05) is 50.8 Å². The van der Waals surface area contributed by atoms with E-state index in [0.29, 0.717) is 11.8 Å². The number of rotatable bonds is 3. The summed E-state index contributed by atoms with van der Waals surface area (Å²) in [5, 5.41) is 3.33. The van der Waals surface area contributed by atoms with Gasteiger partial charge in [0.15, 0.2) is 0 Å². The molecule has 0 aliphatic carbocycles. The lowest BCUT2D eigenvalue weighted by Gasteiger charge is -2.37. The van der Waals surface area contributed by atoms with Gasteiger partial charge in [0.2, 0.25) is 5.91 Å². The second kappa shape index (κ2) is 6.78. The minimum absolute atomic E-state index is 0.0559. The highest BCUT2D eigenvalue weighted by Gasteiger charge is 2.28. The highest BCUT2D eigenvalue weighted by atomic mass is 32.2. The predicted molar refractivity (Wildman–Crippen MR) is 77.0 cm³/mol. The molecule has 4 nitrogen and oxygen atoms in total. The van der Waals surface area contributed by atoms with E-state index in [1.807, 2.05) is 16.7 Å². The second-order valence-corrected chi connectivity index (χ2v) is 6.75. The topological polar surface area (TPSA) is 35.6 Å². The van der Waals surface area contributed by atoms with E-state index in [2.05, 4.69) is 24.1 Å². The van der Waals surface area contributed by atoms with Crippen molar-refractivity contribution in [2.45, 2.75) is 19.9 Å². The third kappa shape index (κ3) is 3.87. The summed E-state index contributed by atoms with van der Waals surface area (Å²) in [5.74, 6) is 3.09. The summed E-state index contributed by atoms with van der Waals surface area (Å²) in [7, 11) is 0. The van der Waals surface area contributed by atoms with Crippen LogP contribution in [0.1, 0.15) is 13.8 Å². The molecule has 1 N–H and O–H groups in total. The molecule has 18 heavy (non-hydrogen) atoms. The molecule has 2 rings (SSSR count). The van der Waals surface area contributed by atoms with Crippen molar-refractivity contribution in [2.75, 3.05) is 50.8 Å². The monoisotopic (exact) mass is 271 g/mol. The summed E-state index contributed by atoms with van der Waals surface area (Å²) < 4.78 is 0. The molecule has 0 aromatic rings. The van der Waals surface area contributed by atoms with Gasteiger partial charge < -0.3 is 10.2 Å². The normalized spacial score (nSPS) is 26.6. The van der Waals surface area contributed by atoms with Gasteiger partial charge in [0.25, 0.3) is 0 Å². The van der Waals surface area contributed by atoms with Gasteiger partial charge in [-0.1, -0.05) is 13.8 Å². The number of nitrogens with zero attached hydrogens (tertiary/aromatic N) is 2. The van der Waals surface area contributed by atoms with Crippen molar-refractivity contribution in [2.24, 2.45) is 5.92 Å². The average Bonchev–Trinajstić information content (AvgIpc) is 2.39. The first-order valence-electron chi connectivity index (χ1n) is 6.99. The Morgan fingerprint density at radius 3 is 2.61 bits per heavy atom. The van der Waals surface area contributed by atoms with Crippen molar-refractivity contribution < 1.29 is 4.79 Å². The van der Waals surface area contributed by atoms with E-state index < -0.39 is 0 Å². The average molecular weight is 271 g/mol. The van der Waals surface area contributed by atoms with E-state index in [-0.39, 0.29) is 6.04 Å². The van der Waals surface area contributed by atoms with Crippen LogP contribution < -0.4 is 5.32 Å². The Balaban J connectivity index is 1.76. The lowest BCUT2D eigenvalue weighted by atomic mass is 10.2. The molecule has 1 unspecified atom stereocenters. The summed E-state index contributed by atoms with van der Waals surface area (Å²) in [4.78, 5) is 16.8. The third-order valence-electron chi connectivity index (χ3n) is 3.53. The van der Waals surface area contributed by atoms with Crippen molar-refractivity contribution >= 4 is 17.7 Å². The number of thioether (sulfide) groups is 1. The van der Waals surface area contributed by atoms with E-state index >= 15 is 0 Å². The van der Waals surface area contributed by atoms with Crippen LogP contribution >= 0.6 is 11.8 Å². The standard InChI is InChI=1S/C13H25N3OS/c1-11(2)9-15-4-6-16(7-5-15)13(17)12-10-18-8-3-14-12/h11-12,14H,3-10H2,1-2H3. The smallest absolute Gasteiger partial charge is 0.240 e. The first-order valence-corrected chi connectivity index (χ1v) is 8.14. The van der Waals surface area contributed by atoms with E-state index in [1.54, 1.807) is 0 Å². The summed E-state index contributed by atoms with van der Waals surface area (Å²) in [6, 6.07) is 0.0559. The Kier molecular flexibility index (Phi) is 5.33. The predicted octanol–water partition coefficient (Wildman–Crippen LogP) is 0.492. The second-order valence-electron chi connectivity index (χ2n) is 5.60. The van der Waals surface area contributed by atoms with Gasteiger partial charge in [-0.2, -0.15) is 11.8 Å². The zero-order valence-corrected chi connectivity index (χ0v) is 12.3. The fourth-order valence-corrected chi connectivity index (χ4v) is 3.54. The fraction of sp³-hybridized carbons (Fsp3) is 0.923. The molecular formula is C13H25N3OS. The van der Waals surface area contributed by atoms with Crippen LogP contribution in [0.2, 0.25) is 0 Å². The highest BCUT2D eigenvalue weighted by Crippen LogP contribution is 2.12. The van der Waals surface area contributed by atoms with E-state index in [9.17, 15) is 4.79 Å². The number of carbonyl (C=O) groups is 1. The van der Waals surface area contributed by atoms with Gasteiger partial charge >= 0.3 is 0 Å². The quantitative estimate of drug-likeness (QED) is 0.810. The number of amides is 1. The van der Waals surface area contributed by atoms with Crippen molar-refractivity contribution in [3.63, 3.8) is 0 Å². The van der Waals surface area contributed by atoms with Crippen LogP contribution in [-0.2, 0) is 4.79 Å². The summed E-state index contributed by atoms with van der Waals surface area (Å²) in [5.41, 5.74) is 0. The molecule has 0 aromatic heterocycles. The molecule has 2 heterocycles. The minimum Gasteiger partial charge on any atom is -0.339 e. The molecule has 0 radical (unpaired) electrons. The Morgan fingerprint density at radius 2 is 2.06 bits per heavy atom. The zero-order valence-electron chi connectivity index (χ0n) is 11.5. The van der Waals surface area contributed by atoms with Crippen LogP contribution in [0.25, 0.3) is 0 Å². The molecule has 104 valence electrons. The molecule has 2 fully saturated rings. The van der Waals surface area contributed by atoms with Gasteiger partial charge in [0.1, 0.15) is 0 Å². The van der Waals surface area contributed by atoms with Crippen LogP contribution in [0.3, 0.4) is 0 Å². The Bertz CT molecular complexity index is 271. The SMILES string of the molecule is CC(C)CN1CCN(C(=O)C2CSCCN2)CC1. The van der Waals surface area contributed by atoms with Crippen LogP contribution in [0.5, 0.6) is 0 Å². The fourth-order valence-electron chi connectivity index (χ4n) is 2.61. The number of hydrogen-bond acceptors (Lipinski definition) is 4. The first kappa shape index (κ1) is 14.2. The van der Waals surface area contributed by atoms with Crippen LogP contribution in [-0.4, -0.2) is 72.5 Å². The van der Waals surface area contributed by atoms with Crippen LogP contribution in [0, 0.1) is 5.92 Å². The highest BCUT2D eigenvalue weighted by molar-refractivity contribution is 7.99. The van der Waals surface area contributed by atoms with Gasteiger partial charge in [-0.3, -0.25) is 9.69 Å². The van der Waals surface area contributed by atoms with Crippen molar-refractivity contribution in [3.8, 4) is 0 Å². The number of hydrogen-bond donors (Lipinski definition) is 1. The maximum absolute atomic E-state index is 12.3. The zero-order chi connectivity index (χ0) is 13.0. The molecule has 0 aromatic carbocycles. The van der Waals surface area contributed by atoms with Gasteiger partial charge in [-0.15, -0.1) is 0 Å². The largest absolute Gasteiger partial charge is 0.339 e. The molecule has 1 amide bonds. The van der Waals surface area contributed by atoms with E-state index in [0.717, 1.165) is 50.8 Å². The molecule has 0 saturated carbocycles. The molecular weight excluding hydrogens is 246 g/mol. The summed E-state index contributed by atoms with van der Waals surface area (Å²) >= 11 is 1.88. The van der Waals surface area contributed by atoms with E-state index in [4.69, 9.17) is 0 Å². The maximum atomic E-state index is 12.3. The van der Waals surface area contributed by atoms with E-state index in [1.165, 1.54) is 0 Å². The molecule has 1 atom stereocenters. The van der Waals surface area contributed by atoms with Crippen molar-refractivity contribution in [3.05, 3.63) is 0 Å². The van der Waals surface area contributed by atoms with Crippen LogP contribution in [0.15, 0.2) is 0 Å². The number of carbonyl (C=O) groups excluding carboxylic acids is 1. The Morgan fingerprint density at radius 1 is 1.33 bits per heavy atom. The van der Waals surface area contributed by atoms with Gasteiger partial charge in [0.05, 0.1) is 6.04 Å². The molecule has 2 aliphatic heterocycles. The molecule has 0 spiro atoms. The summed E-state index contributed by atoms with van der Waals surface area (Å²) in [6.07, 6.45) is 0.